The van der Waals surface area contributed by atoms with Crippen LogP contribution in [0.25, 0.3) is 0 Å². The molecule has 0 bridgehead atoms. The summed E-state index contributed by atoms with van der Waals surface area (Å²) in [6, 6.07) is 2.81. The molecule has 1 aromatic rings. The van der Waals surface area contributed by atoms with E-state index >= 15 is 0 Å². The standard InChI is InChI=1S/C11H12BrFO3S/c1-6(4-14)5-17-8-3-2-7(11(15)16)9(12)10(8)13/h2-3,6,14H,4-5H2,1H3,(H,15,16). The average Bonchev–Trinajstić information content (AvgIpc) is 2.30. The SMILES string of the molecule is CC(CO)CSc1ccc(C(=O)O)c(Br)c1F. The number of thioether (sulfide) groups is 1. The number of halogens is 2. The lowest BCUT2D eigenvalue weighted by atomic mass is 10.2. The molecule has 0 fully saturated rings. The summed E-state index contributed by atoms with van der Waals surface area (Å²) in [6.45, 7) is 1.90. The van der Waals surface area contributed by atoms with Crippen LogP contribution in [-0.2, 0) is 0 Å². The van der Waals surface area contributed by atoms with E-state index in [2.05, 4.69) is 15.9 Å². The first-order valence-electron chi connectivity index (χ1n) is 4.92. The van der Waals surface area contributed by atoms with Gasteiger partial charge in [0, 0.05) is 17.3 Å². The van der Waals surface area contributed by atoms with Crippen LogP contribution in [0, 0.1) is 11.7 Å². The normalized spacial score (nSPS) is 12.5. The number of aliphatic hydroxyl groups excluding tert-OH is 1. The molecular weight excluding hydrogens is 311 g/mol. The summed E-state index contributed by atoms with van der Waals surface area (Å²) in [5.41, 5.74) is -0.0953. The van der Waals surface area contributed by atoms with Crippen LogP contribution in [0.2, 0.25) is 0 Å². The van der Waals surface area contributed by atoms with Crippen molar-refractivity contribution in [1.82, 2.24) is 0 Å². The highest BCUT2D eigenvalue weighted by atomic mass is 79.9. The Balaban J connectivity index is 2.89. The molecule has 0 radical (unpaired) electrons. The van der Waals surface area contributed by atoms with Gasteiger partial charge >= 0.3 is 5.97 Å². The zero-order valence-corrected chi connectivity index (χ0v) is 11.5. The number of benzene rings is 1. The van der Waals surface area contributed by atoms with Crippen molar-refractivity contribution < 1.29 is 19.4 Å². The summed E-state index contributed by atoms with van der Waals surface area (Å²) in [7, 11) is 0. The van der Waals surface area contributed by atoms with Crippen molar-refractivity contribution in [3.63, 3.8) is 0 Å². The summed E-state index contributed by atoms with van der Waals surface area (Å²) < 4.78 is 13.7. The van der Waals surface area contributed by atoms with Crippen LogP contribution in [0.5, 0.6) is 0 Å². The van der Waals surface area contributed by atoms with Crippen molar-refractivity contribution in [2.75, 3.05) is 12.4 Å². The molecule has 0 aliphatic heterocycles. The molecule has 0 aliphatic rings. The first-order valence-corrected chi connectivity index (χ1v) is 6.70. The monoisotopic (exact) mass is 322 g/mol. The van der Waals surface area contributed by atoms with E-state index in [0.29, 0.717) is 10.6 Å². The molecule has 3 nitrogen and oxygen atoms in total. The summed E-state index contributed by atoms with van der Waals surface area (Å²) >= 11 is 4.19. The van der Waals surface area contributed by atoms with Gasteiger partial charge in [0.1, 0.15) is 0 Å². The number of carboxylic acids is 1. The van der Waals surface area contributed by atoms with Crippen molar-refractivity contribution in [2.45, 2.75) is 11.8 Å². The average molecular weight is 323 g/mol. The highest BCUT2D eigenvalue weighted by Gasteiger charge is 2.16. The second-order valence-corrected chi connectivity index (χ2v) is 5.50. The number of carbonyl (C=O) groups is 1. The predicted molar refractivity (Wildman–Crippen MR) is 68.0 cm³/mol. The lowest BCUT2D eigenvalue weighted by Crippen LogP contribution is -2.04. The number of aliphatic hydroxyl groups is 1. The zero-order valence-electron chi connectivity index (χ0n) is 9.11. The lowest BCUT2D eigenvalue weighted by molar-refractivity contribution is 0.0695. The van der Waals surface area contributed by atoms with Gasteiger partial charge in [0.25, 0.3) is 0 Å². The molecule has 94 valence electrons. The maximum absolute atomic E-state index is 13.8. The fourth-order valence-corrected chi connectivity index (χ4v) is 2.70. The van der Waals surface area contributed by atoms with Crippen LogP contribution in [-0.4, -0.2) is 28.5 Å². The minimum absolute atomic E-state index is 0.0355. The Labute approximate surface area is 111 Å². The van der Waals surface area contributed by atoms with E-state index in [0.717, 1.165) is 0 Å². The third kappa shape index (κ3) is 3.69. The van der Waals surface area contributed by atoms with Crippen LogP contribution in [0.15, 0.2) is 21.5 Å². The van der Waals surface area contributed by atoms with E-state index in [4.69, 9.17) is 10.2 Å². The Morgan fingerprint density at radius 2 is 2.24 bits per heavy atom. The molecule has 6 heteroatoms. The summed E-state index contributed by atoms with van der Waals surface area (Å²) in [4.78, 5) is 11.1. The second kappa shape index (κ2) is 6.37. The first kappa shape index (κ1) is 14.5. The van der Waals surface area contributed by atoms with Gasteiger partial charge in [-0.05, 0) is 34.0 Å². The van der Waals surface area contributed by atoms with E-state index in [-0.39, 0.29) is 22.6 Å². The minimum Gasteiger partial charge on any atom is -0.478 e. The Morgan fingerprint density at radius 1 is 1.59 bits per heavy atom. The predicted octanol–water partition coefficient (Wildman–Crippen LogP) is 3.01. The van der Waals surface area contributed by atoms with Gasteiger partial charge in [-0.1, -0.05) is 6.92 Å². The van der Waals surface area contributed by atoms with E-state index in [1.54, 1.807) is 0 Å². The third-order valence-corrected chi connectivity index (χ3v) is 4.25. The highest BCUT2D eigenvalue weighted by molar-refractivity contribution is 9.10. The number of rotatable bonds is 5. The first-order chi connectivity index (χ1) is 7.97. The van der Waals surface area contributed by atoms with Crippen LogP contribution < -0.4 is 0 Å². The Morgan fingerprint density at radius 3 is 2.76 bits per heavy atom. The molecule has 0 aliphatic carbocycles. The van der Waals surface area contributed by atoms with Crippen molar-refractivity contribution >= 4 is 33.7 Å². The van der Waals surface area contributed by atoms with E-state index in [1.807, 2.05) is 6.92 Å². The molecule has 1 atom stereocenters. The minimum atomic E-state index is -1.17. The number of hydrogen-bond acceptors (Lipinski definition) is 3. The van der Waals surface area contributed by atoms with Crippen molar-refractivity contribution in [2.24, 2.45) is 5.92 Å². The molecule has 1 aromatic carbocycles. The maximum Gasteiger partial charge on any atom is 0.336 e. The maximum atomic E-state index is 13.8. The van der Waals surface area contributed by atoms with Crippen molar-refractivity contribution in [3.05, 3.63) is 28.0 Å². The van der Waals surface area contributed by atoms with Gasteiger partial charge in [0.05, 0.1) is 10.0 Å². The van der Waals surface area contributed by atoms with Crippen LogP contribution in [0.3, 0.4) is 0 Å². The smallest absolute Gasteiger partial charge is 0.336 e. The fourth-order valence-electron chi connectivity index (χ4n) is 1.09. The highest BCUT2D eigenvalue weighted by Crippen LogP contribution is 2.31. The topological polar surface area (TPSA) is 57.5 Å². The largest absolute Gasteiger partial charge is 0.478 e. The lowest BCUT2D eigenvalue weighted by Gasteiger charge is -2.09. The van der Waals surface area contributed by atoms with Gasteiger partial charge in [-0.25, -0.2) is 9.18 Å². The zero-order chi connectivity index (χ0) is 13.0. The molecule has 0 heterocycles. The molecule has 1 unspecified atom stereocenters. The quantitative estimate of drug-likeness (QED) is 0.818. The third-order valence-electron chi connectivity index (χ3n) is 2.11. The Kier molecular flexibility index (Phi) is 5.42. The molecule has 1 rings (SSSR count). The van der Waals surface area contributed by atoms with E-state index in [1.165, 1.54) is 23.9 Å². The van der Waals surface area contributed by atoms with Gasteiger partial charge in [0.15, 0.2) is 5.82 Å². The van der Waals surface area contributed by atoms with Crippen molar-refractivity contribution in [3.8, 4) is 0 Å². The number of hydrogen-bond donors (Lipinski definition) is 2. The number of carboxylic acid groups (broad SMARTS) is 1. The van der Waals surface area contributed by atoms with Crippen LogP contribution >= 0.6 is 27.7 Å². The molecular formula is C11H12BrFO3S. The second-order valence-electron chi connectivity index (χ2n) is 3.64. The van der Waals surface area contributed by atoms with E-state index in [9.17, 15) is 9.18 Å². The summed E-state index contributed by atoms with van der Waals surface area (Å²) in [5, 5.41) is 17.7. The van der Waals surface area contributed by atoms with Crippen molar-refractivity contribution in [1.29, 1.82) is 0 Å². The van der Waals surface area contributed by atoms with E-state index < -0.39 is 11.8 Å². The Hall–Kier alpha value is -0.590. The fraction of sp³-hybridized carbons (Fsp3) is 0.364. The molecule has 0 saturated heterocycles. The number of aromatic carboxylic acids is 1. The van der Waals surface area contributed by atoms with Gasteiger partial charge in [-0.3, -0.25) is 0 Å². The van der Waals surface area contributed by atoms with Gasteiger partial charge in [0.2, 0.25) is 0 Å². The van der Waals surface area contributed by atoms with Gasteiger partial charge in [-0.2, -0.15) is 0 Å². The summed E-state index contributed by atoms with van der Waals surface area (Å²) in [5.74, 6) is -1.10. The molecule has 17 heavy (non-hydrogen) atoms. The Bertz CT molecular complexity index is 425. The van der Waals surface area contributed by atoms with Gasteiger partial charge in [-0.15, -0.1) is 11.8 Å². The molecule has 0 saturated carbocycles. The summed E-state index contributed by atoms with van der Waals surface area (Å²) in [6.07, 6.45) is 0. The van der Waals surface area contributed by atoms with Gasteiger partial charge < -0.3 is 10.2 Å². The van der Waals surface area contributed by atoms with Crippen LogP contribution in [0.1, 0.15) is 17.3 Å². The van der Waals surface area contributed by atoms with Crippen LogP contribution in [0.4, 0.5) is 4.39 Å². The molecule has 0 aromatic heterocycles. The molecule has 0 spiro atoms. The molecule has 0 amide bonds. The molecule has 2 N–H and O–H groups in total.